The van der Waals surface area contributed by atoms with Gasteiger partial charge in [0.05, 0.1) is 6.61 Å². The lowest BCUT2D eigenvalue weighted by Gasteiger charge is -2.13. The van der Waals surface area contributed by atoms with Crippen LogP contribution in [-0.2, 0) is 6.42 Å². The Labute approximate surface area is 138 Å². The number of hydrogen-bond donors (Lipinski definition) is 0. The zero-order valence-corrected chi connectivity index (χ0v) is 13.5. The van der Waals surface area contributed by atoms with Crippen molar-refractivity contribution in [2.45, 2.75) is 13.3 Å². The largest absolute Gasteiger partial charge is 0.493 e. The second-order valence-electron chi connectivity index (χ2n) is 6.00. The Morgan fingerprint density at radius 2 is 1.26 bits per heavy atom. The number of benzene rings is 3. The molecule has 0 saturated carbocycles. The van der Waals surface area contributed by atoms with E-state index in [1.807, 2.05) is 36.4 Å². The molecule has 0 spiro atoms. The molecule has 0 fully saturated rings. The summed E-state index contributed by atoms with van der Waals surface area (Å²) in [4.78, 5) is 0. The van der Waals surface area contributed by atoms with Crippen LogP contribution in [-0.4, -0.2) is 6.61 Å². The summed E-state index contributed by atoms with van der Waals surface area (Å²) in [6.07, 6.45) is 1.03. The average molecular weight is 302 g/mol. The minimum absolute atomic E-state index is 0.484. The van der Waals surface area contributed by atoms with E-state index in [-0.39, 0.29) is 0 Å². The first-order chi connectivity index (χ1) is 11.3. The molecule has 0 aliphatic carbocycles. The quantitative estimate of drug-likeness (QED) is 0.575. The van der Waals surface area contributed by atoms with Crippen molar-refractivity contribution >= 4 is 0 Å². The van der Waals surface area contributed by atoms with Crippen molar-refractivity contribution in [2.24, 2.45) is 5.92 Å². The minimum atomic E-state index is 0.484. The second kappa shape index (κ2) is 7.64. The Kier molecular flexibility index (Phi) is 5.10. The highest BCUT2D eigenvalue weighted by Gasteiger charge is 2.05. The zero-order chi connectivity index (χ0) is 15.9. The van der Waals surface area contributed by atoms with Crippen molar-refractivity contribution in [3.63, 3.8) is 0 Å². The van der Waals surface area contributed by atoms with Crippen LogP contribution in [0.4, 0.5) is 0 Å². The first-order valence-corrected chi connectivity index (χ1v) is 8.13. The van der Waals surface area contributed by atoms with Crippen molar-refractivity contribution in [1.29, 1.82) is 0 Å². The highest BCUT2D eigenvalue weighted by Crippen LogP contribution is 2.20. The molecule has 1 atom stereocenters. The standard InChI is InChI=1S/C22H22O/c1-18(17-23-22-10-6-3-7-11-22)16-19-12-14-21(15-13-19)20-8-4-2-5-9-20/h2-15,18H,16-17H2,1H3/t18-/m0/s1. The topological polar surface area (TPSA) is 9.23 Å². The molecule has 0 saturated heterocycles. The molecule has 3 aromatic rings. The average Bonchev–Trinajstić information content (AvgIpc) is 2.62. The number of rotatable bonds is 6. The van der Waals surface area contributed by atoms with Gasteiger partial charge in [0.15, 0.2) is 0 Å². The van der Waals surface area contributed by atoms with Gasteiger partial charge in [0, 0.05) is 0 Å². The summed E-state index contributed by atoms with van der Waals surface area (Å²) < 4.78 is 5.83. The van der Waals surface area contributed by atoms with E-state index in [0.717, 1.165) is 18.8 Å². The van der Waals surface area contributed by atoms with Gasteiger partial charge in [-0.25, -0.2) is 0 Å². The smallest absolute Gasteiger partial charge is 0.119 e. The molecule has 0 N–H and O–H groups in total. The third-order valence-corrected chi connectivity index (χ3v) is 3.92. The maximum atomic E-state index is 5.83. The van der Waals surface area contributed by atoms with Crippen LogP contribution in [0.15, 0.2) is 84.9 Å². The summed E-state index contributed by atoms with van der Waals surface area (Å²) in [7, 11) is 0. The highest BCUT2D eigenvalue weighted by atomic mass is 16.5. The van der Waals surface area contributed by atoms with E-state index >= 15 is 0 Å². The highest BCUT2D eigenvalue weighted by molar-refractivity contribution is 5.63. The van der Waals surface area contributed by atoms with Crippen LogP contribution in [0.25, 0.3) is 11.1 Å². The lowest BCUT2D eigenvalue weighted by molar-refractivity contribution is 0.259. The van der Waals surface area contributed by atoms with Crippen LogP contribution in [0.5, 0.6) is 5.75 Å². The summed E-state index contributed by atoms with van der Waals surface area (Å²) in [6, 6.07) is 29.4. The van der Waals surface area contributed by atoms with Gasteiger partial charge in [-0.15, -0.1) is 0 Å². The number of hydrogen-bond acceptors (Lipinski definition) is 1. The molecule has 0 heterocycles. The van der Waals surface area contributed by atoms with Gasteiger partial charge in [0.2, 0.25) is 0 Å². The number of para-hydroxylation sites is 1. The van der Waals surface area contributed by atoms with Crippen molar-refractivity contribution < 1.29 is 4.74 Å². The van der Waals surface area contributed by atoms with Gasteiger partial charge in [-0.2, -0.15) is 0 Å². The van der Waals surface area contributed by atoms with E-state index in [9.17, 15) is 0 Å². The van der Waals surface area contributed by atoms with Crippen molar-refractivity contribution in [3.8, 4) is 16.9 Å². The van der Waals surface area contributed by atoms with Crippen LogP contribution >= 0.6 is 0 Å². The molecule has 0 bridgehead atoms. The van der Waals surface area contributed by atoms with Gasteiger partial charge in [0.1, 0.15) is 5.75 Å². The fourth-order valence-electron chi connectivity index (χ4n) is 2.68. The molecule has 3 rings (SSSR count). The molecule has 0 aliphatic rings. The summed E-state index contributed by atoms with van der Waals surface area (Å²) >= 11 is 0. The molecular formula is C22H22O. The second-order valence-corrected chi connectivity index (χ2v) is 6.00. The van der Waals surface area contributed by atoms with Crippen LogP contribution in [0.1, 0.15) is 12.5 Å². The fraction of sp³-hybridized carbons (Fsp3) is 0.182. The molecule has 0 amide bonds. The predicted octanol–water partition coefficient (Wildman–Crippen LogP) is 5.61. The Morgan fingerprint density at radius 1 is 0.696 bits per heavy atom. The van der Waals surface area contributed by atoms with Crippen LogP contribution in [0.3, 0.4) is 0 Å². The van der Waals surface area contributed by atoms with E-state index in [1.165, 1.54) is 16.7 Å². The molecule has 3 aromatic carbocycles. The van der Waals surface area contributed by atoms with Crippen molar-refractivity contribution in [3.05, 3.63) is 90.5 Å². The molecule has 23 heavy (non-hydrogen) atoms. The Balaban J connectivity index is 1.55. The van der Waals surface area contributed by atoms with Crippen molar-refractivity contribution in [2.75, 3.05) is 6.61 Å². The molecule has 1 heteroatoms. The molecule has 116 valence electrons. The lowest BCUT2D eigenvalue weighted by atomic mass is 9.98. The lowest BCUT2D eigenvalue weighted by Crippen LogP contribution is -2.11. The van der Waals surface area contributed by atoms with Crippen LogP contribution in [0, 0.1) is 5.92 Å². The third kappa shape index (κ3) is 4.46. The fourth-order valence-corrected chi connectivity index (χ4v) is 2.68. The van der Waals surface area contributed by atoms with E-state index in [4.69, 9.17) is 4.74 Å². The molecule has 1 nitrogen and oxygen atoms in total. The summed E-state index contributed by atoms with van der Waals surface area (Å²) in [5.74, 6) is 1.43. The van der Waals surface area contributed by atoms with E-state index in [2.05, 4.69) is 55.5 Å². The van der Waals surface area contributed by atoms with Crippen LogP contribution in [0.2, 0.25) is 0 Å². The molecule has 0 unspecified atom stereocenters. The Hall–Kier alpha value is -2.54. The summed E-state index contributed by atoms with van der Waals surface area (Å²) in [5, 5.41) is 0. The van der Waals surface area contributed by atoms with Gasteiger partial charge >= 0.3 is 0 Å². The molecule has 0 radical (unpaired) electrons. The van der Waals surface area contributed by atoms with Crippen molar-refractivity contribution in [1.82, 2.24) is 0 Å². The van der Waals surface area contributed by atoms with Gasteiger partial charge < -0.3 is 4.74 Å². The van der Waals surface area contributed by atoms with Gasteiger partial charge in [-0.3, -0.25) is 0 Å². The van der Waals surface area contributed by atoms with E-state index in [0.29, 0.717) is 5.92 Å². The number of ether oxygens (including phenoxy) is 1. The normalized spacial score (nSPS) is 11.9. The Morgan fingerprint density at radius 3 is 1.91 bits per heavy atom. The summed E-state index contributed by atoms with van der Waals surface area (Å²) in [6.45, 7) is 2.97. The Bertz CT molecular complexity index is 702. The molecule has 0 aromatic heterocycles. The third-order valence-electron chi connectivity index (χ3n) is 3.92. The SMILES string of the molecule is C[C@H](COc1ccccc1)Cc1ccc(-c2ccccc2)cc1. The van der Waals surface area contributed by atoms with Gasteiger partial charge in [-0.1, -0.05) is 79.7 Å². The first-order valence-electron chi connectivity index (χ1n) is 8.13. The molecular weight excluding hydrogens is 280 g/mol. The maximum absolute atomic E-state index is 5.83. The monoisotopic (exact) mass is 302 g/mol. The zero-order valence-electron chi connectivity index (χ0n) is 13.5. The predicted molar refractivity (Wildman–Crippen MR) is 96.7 cm³/mol. The van der Waals surface area contributed by atoms with Gasteiger partial charge in [-0.05, 0) is 41.2 Å². The van der Waals surface area contributed by atoms with E-state index < -0.39 is 0 Å². The van der Waals surface area contributed by atoms with E-state index in [1.54, 1.807) is 0 Å². The molecule has 0 aliphatic heterocycles. The van der Waals surface area contributed by atoms with Crippen LogP contribution < -0.4 is 4.74 Å². The minimum Gasteiger partial charge on any atom is -0.493 e. The first kappa shape index (κ1) is 15.4. The summed E-state index contributed by atoms with van der Waals surface area (Å²) in [5.41, 5.74) is 3.89. The van der Waals surface area contributed by atoms with Gasteiger partial charge in [0.25, 0.3) is 0 Å². The maximum Gasteiger partial charge on any atom is 0.119 e.